The fraction of sp³-hybridized carbons (Fsp3) is 0.467. The number of halogens is 4. The maximum Gasteiger partial charge on any atom is 0.244 e. The van der Waals surface area contributed by atoms with Crippen LogP contribution in [0.3, 0.4) is 0 Å². The number of nitrogens with zero attached hydrogens (tertiary/aromatic N) is 1. The SMILES string of the molecule is CCCN(CC(=O)Nc1ccc(F)c(F)c1F)C(=O)C(C)CN.Cl. The zero-order valence-electron chi connectivity index (χ0n) is 13.4. The summed E-state index contributed by atoms with van der Waals surface area (Å²) in [5.41, 5.74) is 4.96. The molecule has 0 aliphatic carbocycles. The predicted molar refractivity (Wildman–Crippen MR) is 87.3 cm³/mol. The summed E-state index contributed by atoms with van der Waals surface area (Å²) < 4.78 is 39.5. The molecule has 0 aliphatic rings. The van der Waals surface area contributed by atoms with E-state index >= 15 is 0 Å². The monoisotopic (exact) mass is 367 g/mol. The number of hydrogen-bond donors (Lipinski definition) is 2. The molecule has 1 aromatic rings. The Morgan fingerprint density at radius 1 is 1.25 bits per heavy atom. The van der Waals surface area contributed by atoms with E-state index in [0.717, 1.165) is 6.07 Å². The van der Waals surface area contributed by atoms with Crippen LogP contribution in [-0.2, 0) is 9.59 Å². The second-order valence-corrected chi connectivity index (χ2v) is 5.17. The van der Waals surface area contributed by atoms with E-state index in [1.165, 1.54) is 4.90 Å². The van der Waals surface area contributed by atoms with E-state index in [2.05, 4.69) is 5.32 Å². The van der Waals surface area contributed by atoms with Crippen LogP contribution in [0.2, 0.25) is 0 Å². The largest absolute Gasteiger partial charge is 0.333 e. The first kappa shape index (κ1) is 22.2. The highest BCUT2D eigenvalue weighted by Crippen LogP contribution is 2.19. The van der Waals surface area contributed by atoms with Crippen LogP contribution in [0.25, 0.3) is 0 Å². The number of carbonyl (C=O) groups excluding carboxylic acids is 2. The van der Waals surface area contributed by atoms with Crippen LogP contribution in [0.4, 0.5) is 18.9 Å². The van der Waals surface area contributed by atoms with Gasteiger partial charge in [-0.2, -0.15) is 0 Å². The normalized spacial score (nSPS) is 11.4. The molecule has 1 rings (SSSR count). The number of hydrogen-bond acceptors (Lipinski definition) is 3. The first-order chi connectivity index (χ1) is 10.8. The van der Waals surface area contributed by atoms with Gasteiger partial charge in [-0.05, 0) is 18.6 Å². The number of benzene rings is 1. The molecule has 0 radical (unpaired) electrons. The van der Waals surface area contributed by atoms with Crippen LogP contribution in [-0.4, -0.2) is 36.3 Å². The third kappa shape index (κ3) is 5.68. The van der Waals surface area contributed by atoms with Gasteiger partial charge in [0, 0.05) is 19.0 Å². The average molecular weight is 368 g/mol. The highest BCUT2D eigenvalue weighted by Gasteiger charge is 2.22. The van der Waals surface area contributed by atoms with E-state index in [-0.39, 0.29) is 31.4 Å². The van der Waals surface area contributed by atoms with Crippen molar-refractivity contribution >= 4 is 29.9 Å². The lowest BCUT2D eigenvalue weighted by molar-refractivity contribution is -0.137. The number of anilines is 1. The standard InChI is InChI=1S/C15H20F3N3O2.ClH/c1-3-6-21(15(23)9(2)7-19)8-12(22)20-11-5-4-10(16)13(17)14(11)18;/h4-5,9H,3,6-8,19H2,1-2H3,(H,20,22);1H. The van der Waals surface area contributed by atoms with Gasteiger partial charge in [-0.1, -0.05) is 13.8 Å². The van der Waals surface area contributed by atoms with Gasteiger partial charge >= 0.3 is 0 Å². The zero-order valence-corrected chi connectivity index (χ0v) is 14.3. The summed E-state index contributed by atoms with van der Waals surface area (Å²) in [5.74, 6) is -5.95. The lowest BCUT2D eigenvalue weighted by Crippen LogP contribution is -2.42. The zero-order chi connectivity index (χ0) is 17.6. The Bertz CT molecular complexity index is 587. The van der Waals surface area contributed by atoms with Crippen molar-refractivity contribution in [1.82, 2.24) is 4.90 Å². The summed E-state index contributed by atoms with van der Waals surface area (Å²) in [6, 6.07) is 1.62. The summed E-state index contributed by atoms with van der Waals surface area (Å²) in [6.45, 7) is 3.61. The van der Waals surface area contributed by atoms with Gasteiger partial charge in [0.1, 0.15) is 0 Å². The van der Waals surface area contributed by atoms with Crippen LogP contribution in [0, 0.1) is 23.4 Å². The number of amides is 2. The summed E-state index contributed by atoms with van der Waals surface area (Å²) >= 11 is 0. The van der Waals surface area contributed by atoms with Crippen LogP contribution >= 0.6 is 12.4 Å². The fourth-order valence-electron chi connectivity index (χ4n) is 1.94. The van der Waals surface area contributed by atoms with Crippen molar-refractivity contribution in [3.05, 3.63) is 29.6 Å². The Morgan fingerprint density at radius 3 is 2.42 bits per heavy atom. The summed E-state index contributed by atoms with van der Waals surface area (Å²) in [4.78, 5) is 25.3. The maximum absolute atomic E-state index is 13.5. The molecule has 1 atom stereocenters. The molecule has 3 N–H and O–H groups in total. The first-order valence-corrected chi connectivity index (χ1v) is 7.24. The topological polar surface area (TPSA) is 75.4 Å². The number of carbonyl (C=O) groups is 2. The van der Waals surface area contributed by atoms with Gasteiger partial charge in [-0.15, -0.1) is 12.4 Å². The predicted octanol–water partition coefficient (Wildman–Crippen LogP) is 2.30. The molecule has 0 fully saturated rings. The van der Waals surface area contributed by atoms with Gasteiger partial charge in [-0.25, -0.2) is 13.2 Å². The molecule has 9 heteroatoms. The molecule has 1 unspecified atom stereocenters. The van der Waals surface area contributed by atoms with Crippen LogP contribution < -0.4 is 11.1 Å². The molecule has 1 aromatic carbocycles. The lowest BCUT2D eigenvalue weighted by atomic mass is 10.1. The van der Waals surface area contributed by atoms with Gasteiger partial charge in [0.05, 0.1) is 12.2 Å². The second kappa shape index (κ2) is 10.1. The lowest BCUT2D eigenvalue weighted by Gasteiger charge is -2.24. The van der Waals surface area contributed by atoms with Gasteiger partial charge in [0.25, 0.3) is 0 Å². The van der Waals surface area contributed by atoms with E-state index in [4.69, 9.17) is 5.73 Å². The van der Waals surface area contributed by atoms with Crippen LogP contribution in [0.5, 0.6) is 0 Å². The van der Waals surface area contributed by atoms with E-state index < -0.39 is 35.0 Å². The number of nitrogens with one attached hydrogen (secondary N) is 1. The van der Waals surface area contributed by atoms with Crippen LogP contribution in [0.1, 0.15) is 20.3 Å². The molecule has 2 amide bonds. The fourth-order valence-corrected chi connectivity index (χ4v) is 1.94. The van der Waals surface area contributed by atoms with E-state index in [1.807, 2.05) is 6.92 Å². The number of rotatable bonds is 7. The number of nitrogens with two attached hydrogens (primary N) is 1. The molecule has 0 saturated heterocycles. The molecular weight excluding hydrogens is 347 g/mol. The minimum absolute atomic E-state index is 0. The summed E-state index contributed by atoms with van der Waals surface area (Å²) in [6.07, 6.45) is 0.621. The minimum atomic E-state index is -1.67. The van der Waals surface area contributed by atoms with E-state index in [9.17, 15) is 22.8 Å². The van der Waals surface area contributed by atoms with E-state index in [1.54, 1.807) is 6.92 Å². The van der Waals surface area contributed by atoms with Crippen molar-refractivity contribution in [3.8, 4) is 0 Å². The van der Waals surface area contributed by atoms with E-state index in [0.29, 0.717) is 19.0 Å². The van der Waals surface area contributed by atoms with Crippen LogP contribution in [0.15, 0.2) is 12.1 Å². The molecule has 24 heavy (non-hydrogen) atoms. The van der Waals surface area contributed by atoms with Crippen molar-refractivity contribution in [1.29, 1.82) is 0 Å². The average Bonchev–Trinajstić information content (AvgIpc) is 2.53. The second-order valence-electron chi connectivity index (χ2n) is 5.17. The molecule has 0 bridgehead atoms. The first-order valence-electron chi connectivity index (χ1n) is 7.24. The third-order valence-electron chi connectivity index (χ3n) is 3.22. The maximum atomic E-state index is 13.5. The van der Waals surface area contributed by atoms with Crippen molar-refractivity contribution in [3.63, 3.8) is 0 Å². The van der Waals surface area contributed by atoms with Crippen molar-refractivity contribution in [2.75, 3.05) is 25.0 Å². The summed E-state index contributed by atoms with van der Waals surface area (Å²) in [5, 5.41) is 2.13. The Hall–Kier alpha value is -1.80. The van der Waals surface area contributed by atoms with Crippen molar-refractivity contribution < 1.29 is 22.8 Å². The van der Waals surface area contributed by atoms with Gasteiger partial charge < -0.3 is 16.0 Å². The Balaban J connectivity index is 0.00000529. The van der Waals surface area contributed by atoms with Gasteiger partial charge in [0.15, 0.2) is 17.5 Å². The quantitative estimate of drug-likeness (QED) is 0.726. The smallest absolute Gasteiger partial charge is 0.244 e. The Morgan fingerprint density at radius 2 is 1.88 bits per heavy atom. The molecule has 0 aromatic heterocycles. The highest BCUT2D eigenvalue weighted by atomic mass is 35.5. The molecule has 0 saturated carbocycles. The molecule has 5 nitrogen and oxygen atoms in total. The Labute approximate surface area is 144 Å². The highest BCUT2D eigenvalue weighted by molar-refractivity contribution is 5.94. The van der Waals surface area contributed by atoms with Crippen molar-refractivity contribution in [2.24, 2.45) is 11.7 Å². The Kier molecular flexibility index (Phi) is 9.38. The van der Waals surface area contributed by atoms with Gasteiger partial charge in [-0.3, -0.25) is 9.59 Å². The minimum Gasteiger partial charge on any atom is -0.333 e. The van der Waals surface area contributed by atoms with Crippen molar-refractivity contribution in [2.45, 2.75) is 20.3 Å². The molecule has 0 heterocycles. The third-order valence-corrected chi connectivity index (χ3v) is 3.22. The van der Waals surface area contributed by atoms with Gasteiger partial charge in [0.2, 0.25) is 11.8 Å². The molecule has 0 aliphatic heterocycles. The molecular formula is C15H21ClF3N3O2. The molecule has 136 valence electrons. The summed E-state index contributed by atoms with van der Waals surface area (Å²) in [7, 11) is 0. The molecule has 0 spiro atoms.